The Bertz CT molecular complexity index is 522. The van der Waals surface area contributed by atoms with Crippen molar-refractivity contribution in [1.29, 1.82) is 0 Å². The molecule has 1 amide bonds. The first-order valence-electron chi connectivity index (χ1n) is 7.01. The van der Waals surface area contributed by atoms with Gasteiger partial charge in [0.2, 0.25) is 11.8 Å². The third kappa shape index (κ3) is 5.18. The minimum atomic E-state index is -4.41. The normalized spacial score (nSPS) is 21.6. The van der Waals surface area contributed by atoms with Crippen molar-refractivity contribution < 1.29 is 22.7 Å². The van der Waals surface area contributed by atoms with Crippen LogP contribution in [0, 0.1) is 5.92 Å². The van der Waals surface area contributed by atoms with Crippen LogP contribution in [-0.4, -0.2) is 29.7 Å². The molecule has 0 radical (unpaired) electrons. The Hall–Kier alpha value is -1.83. The number of carbonyl (C=O) groups is 1. The fourth-order valence-corrected chi connectivity index (χ4v) is 2.38. The number of alkyl halides is 3. The van der Waals surface area contributed by atoms with E-state index in [2.05, 4.69) is 15.0 Å². The zero-order valence-corrected chi connectivity index (χ0v) is 11.9. The highest BCUT2D eigenvalue weighted by Gasteiger charge is 2.29. The van der Waals surface area contributed by atoms with Crippen LogP contribution in [-0.2, 0) is 11.3 Å². The first-order chi connectivity index (χ1) is 10.3. The summed E-state index contributed by atoms with van der Waals surface area (Å²) in [6, 6.07) is 3.06. The molecule has 0 spiro atoms. The standard InChI is InChI=1S/C14H18F3N3O2/c15-14(16,17)8-22-12-5-9(3-4-19-12)7-20-13(21)10-1-2-11(18)6-10/h3-5,10-11H,1-2,6-8,18H2,(H,20,21). The van der Waals surface area contributed by atoms with Crippen LogP contribution in [0.3, 0.4) is 0 Å². The second-order valence-corrected chi connectivity index (χ2v) is 5.39. The smallest absolute Gasteiger partial charge is 0.422 e. The molecule has 1 aromatic rings. The van der Waals surface area contributed by atoms with Crippen LogP contribution in [0.5, 0.6) is 5.88 Å². The van der Waals surface area contributed by atoms with Crippen molar-refractivity contribution in [3.63, 3.8) is 0 Å². The maximum Gasteiger partial charge on any atom is 0.422 e. The van der Waals surface area contributed by atoms with Gasteiger partial charge in [-0.1, -0.05) is 0 Å². The van der Waals surface area contributed by atoms with Gasteiger partial charge in [0.15, 0.2) is 6.61 Å². The number of nitrogens with zero attached hydrogens (tertiary/aromatic N) is 1. The number of halogens is 3. The van der Waals surface area contributed by atoms with Crippen molar-refractivity contribution in [2.24, 2.45) is 11.7 Å². The summed E-state index contributed by atoms with van der Waals surface area (Å²) in [6.45, 7) is -1.18. The lowest BCUT2D eigenvalue weighted by Gasteiger charge is -2.12. The van der Waals surface area contributed by atoms with E-state index < -0.39 is 12.8 Å². The minimum Gasteiger partial charge on any atom is -0.468 e. The highest BCUT2D eigenvalue weighted by molar-refractivity contribution is 5.79. The van der Waals surface area contributed by atoms with Crippen LogP contribution < -0.4 is 15.8 Å². The van der Waals surface area contributed by atoms with Crippen molar-refractivity contribution in [2.45, 2.75) is 38.0 Å². The molecule has 2 unspecified atom stereocenters. The third-order valence-electron chi connectivity index (χ3n) is 3.49. The van der Waals surface area contributed by atoms with Crippen molar-refractivity contribution in [2.75, 3.05) is 6.61 Å². The molecule has 1 aromatic heterocycles. The summed E-state index contributed by atoms with van der Waals surface area (Å²) in [7, 11) is 0. The number of pyridine rings is 1. The van der Waals surface area contributed by atoms with E-state index in [1.165, 1.54) is 12.3 Å². The second-order valence-electron chi connectivity index (χ2n) is 5.39. The molecular formula is C14H18F3N3O2. The maximum absolute atomic E-state index is 12.1. The Balaban J connectivity index is 1.84. The fourth-order valence-electron chi connectivity index (χ4n) is 2.38. The molecule has 1 aliphatic rings. The Morgan fingerprint density at radius 1 is 1.45 bits per heavy atom. The van der Waals surface area contributed by atoms with Gasteiger partial charge in [0.05, 0.1) is 0 Å². The van der Waals surface area contributed by atoms with Crippen LogP contribution in [0.15, 0.2) is 18.3 Å². The molecule has 22 heavy (non-hydrogen) atoms. The largest absolute Gasteiger partial charge is 0.468 e. The number of hydrogen-bond acceptors (Lipinski definition) is 4. The average molecular weight is 317 g/mol. The van der Waals surface area contributed by atoms with Gasteiger partial charge in [-0.15, -0.1) is 0 Å². The number of hydrogen-bond donors (Lipinski definition) is 2. The maximum atomic E-state index is 12.1. The summed E-state index contributed by atoms with van der Waals surface area (Å²) in [5.41, 5.74) is 6.39. The van der Waals surface area contributed by atoms with E-state index in [0.717, 1.165) is 12.8 Å². The van der Waals surface area contributed by atoms with E-state index in [0.29, 0.717) is 12.0 Å². The molecule has 1 fully saturated rings. The number of aromatic nitrogens is 1. The van der Waals surface area contributed by atoms with Gasteiger partial charge in [-0.25, -0.2) is 4.98 Å². The SMILES string of the molecule is NC1CCC(C(=O)NCc2ccnc(OCC(F)(F)F)c2)C1. The number of nitrogens with one attached hydrogen (secondary N) is 1. The van der Waals surface area contributed by atoms with Crippen molar-refractivity contribution in [1.82, 2.24) is 10.3 Å². The second kappa shape index (κ2) is 6.95. The predicted molar refractivity (Wildman–Crippen MR) is 73.0 cm³/mol. The Kier molecular flexibility index (Phi) is 5.23. The van der Waals surface area contributed by atoms with Gasteiger partial charge < -0.3 is 15.8 Å². The van der Waals surface area contributed by atoms with Gasteiger partial charge in [-0.05, 0) is 30.9 Å². The molecule has 122 valence electrons. The molecule has 1 saturated carbocycles. The Morgan fingerprint density at radius 2 is 2.23 bits per heavy atom. The first kappa shape index (κ1) is 16.5. The summed E-state index contributed by atoms with van der Waals surface area (Å²) in [4.78, 5) is 15.6. The topological polar surface area (TPSA) is 77.2 Å². The minimum absolute atomic E-state index is 0.0686. The van der Waals surface area contributed by atoms with Gasteiger partial charge >= 0.3 is 6.18 Å². The van der Waals surface area contributed by atoms with Crippen molar-refractivity contribution in [3.05, 3.63) is 23.9 Å². The highest BCUT2D eigenvalue weighted by Crippen LogP contribution is 2.24. The van der Waals surface area contributed by atoms with E-state index in [1.54, 1.807) is 6.07 Å². The number of ether oxygens (including phenoxy) is 1. The first-order valence-corrected chi connectivity index (χ1v) is 7.01. The van der Waals surface area contributed by atoms with Gasteiger partial charge in [0, 0.05) is 30.8 Å². The highest BCUT2D eigenvalue weighted by atomic mass is 19.4. The van der Waals surface area contributed by atoms with E-state index in [1.807, 2.05) is 0 Å². The van der Waals surface area contributed by atoms with Gasteiger partial charge in [0.1, 0.15) is 0 Å². The van der Waals surface area contributed by atoms with E-state index in [4.69, 9.17) is 5.73 Å². The Labute approximate surface area is 126 Å². The zero-order chi connectivity index (χ0) is 16.2. The summed E-state index contributed by atoms with van der Waals surface area (Å²) in [5.74, 6) is -0.285. The number of nitrogens with two attached hydrogens (primary N) is 1. The summed E-state index contributed by atoms with van der Waals surface area (Å²) in [5, 5.41) is 2.76. The molecule has 8 heteroatoms. The van der Waals surface area contributed by atoms with E-state index in [9.17, 15) is 18.0 Å². The van der Waals surface area contributed by atoms with Gasteiger partial charge in [0.25, 0.3) is 0 Å². The molecule has 3 N–H and O–H groups in total. The third-order valence-corrected chi connectivity index (χ3v) is 3.49. The zero-order valence-electron chi connectivity index (χ0n) is 11.9. The van der Waals surface area contributed by atoms with Crippen LogP contribution in [0.25, 0.3) is 0 Å². The molecule has 0 aromatic carbocycles. The molecular weight excluding hydrogens is 299 g/mol. The lowest BCUT2D eigenvalue weighted by atomic mass is 10.1. The lowest BCUT2D eigenvalue weighted by Crippen LogP contribution is -2.30. The average Bonchev–Trinajstić information content (AvgIpc) is 2.89. The van der Waals surface area contributed by atoms with Crippen LogP contribution in [0.4, 0.5) is 13.2 Å². The summed E-state index contributed by atoms with van der Waals surface area (Å²) >= 11 is 0. The van der Waals surface area contributed by atoms with Crippen molar-refractivity contribution >= 4 is 5.91 Å². The van der Waals surface area contributed by atoms with Crippen LogP contribution in [0.1, 0.15) is 24.8 Å². The molecule has 0 aliphatic heterocycles. The molecule has 2 atom stereocenters. The molecule has 0 saturated heterocycles. The molecule has 2 rings (SSSR count). The van der Waals surface area contributed by atoms with E-state index >= 15 is 0 Å². The van der Waals surface area contributed by atoms with Crippen LogP contribution in [0.2, 0.25) is 0 Å². The monoisotopic (exact) mass is 317 g/mol. The van der Waals surface area contributed by atoms with Gasteiger partial charge in [-0.3, -0.25) is 4.79 Å². The molecule has 1 aliphatic carbocycles. The summed E-state index contributed by atoms with van der Waals surface area (Å²) < 4.78 is 40.8. The quantitative estimate of drug-likeness (QED) is 0.867. The lowest BCUT2D eigenvalue weighted by molar-refractivity contribution is -0.154. The number of rotatable bonds is 5. The molecule has 1 heterocycles. The summed E-state index contributed by atoms with van der Waals surface area (Å²) in [6.07, 6.45) is -0.792. The number of amides is 1. The molecule has 5 nitrogen and oxygen atoms in total. The van der Waals surface area contributed by atoms with Gasteiger partial charge in [-0.2, -0.15) is 13.2 Å². The Morgan fingerprint density at radius 3 is 2.86 bits per heavy atom. The van der Waals surface area contributed by atoms with Crippen molar-refractivity contribution in [3.8, 4) is 5.88 Å². The fraction of sp³-hybridized carbons (Fsp3) is 0.571. The molecule has 0 bridgehead atoms. The number of carbonyl (C=O) groups excluding carboxylic acids is 1. The van der Waals surface area contributed by atoms with Crippen LogP contribution >= 0.6 is 0 Å². The van der Waals surface area contributed by atoms with E-state index in [-0.39, 0.29) is 30.3 Å². The predicted octanol–water partition coefficient (Wildman–Crippen LogP) is 1.77.